The van der Waals surface area contributed by atoms with Gasteiger partial charge in [-0.15, -0.1) is 0 Å². The fourth-order valence-electron chi connectivity index (χ4n) is 3.30. The maximum absolute atomic E-state index is 12.9. The molecule has 0 bridgehead atoms. The zero-order valence-electron chi connectivity index (χ0n) is 15.6. The SMILES string of the molecule is Cc1cc(C)c(S(=O)(=O)Nc2ccc(C)c(N3CCCC3=O)c2)cc1C. The molecule has 26 heavy (non-hydrogen) atoms. The first kappa shape index (κ1) is 18.5. The van der Waals surface area contributed by atoms with Crippen LogP contribution in [0.3, 0.4) is 0 Å². The maximum atomic E-state index is 12.9. The fraction of sp³-hybridized carbons (Fsp3) is 0.350. The lowest BCUT2D eigenvalue weighted by molar-refractivity contribution is -0.117. The summed E-state index contributed by atoms with van der Waals surface area (Å²) in [7, 11) is -3.70. The van der Waals surface area contributed by atoms with E-state index in [1.165, 1.54) is 0 Å². The van der Waals surface area contributed by atoms with Crippen LogP contribution in [0.15, 0.2) is 35.2 Å². The van der Waals surface area contributed by atoms with Crippen molar-refractivity contribution in [1.29, 1.82) is 0 Å². The van der Waals surface area contributed by atoms with Gasteiger partial charge in [-0.05, 0) is 74.6 Å². The third-order valence-corrected chi connectivity index (χ3v) is 6.43. The van der Waals surface area contributed by atoms with Crippen molar-refractivity contribution in [3.8, 4) is 0 Å². The summed E-state index contributed by atoms with van der Waals surface area (Å²) < 4.78 is 28.4. The second-order valence-corrected chi connectivity index (χ2v) is 8.61. The molecule has 1 amide bonds. The Kier molecular flexibility index (Phi) is 4.80. The van der Waals surface area contributed by atoms with E-state index in [4.69, 9.17) is 0 Å². The number of benzene rings is 2. The van der Waals surface area contributed by atoms with Gasteiger partial charge < -0.3 is 4.90 Å². The Morgan fingerprint density at radius 2 is 1.62 bits per heavy atom. The number of nitrogens with zero attached hydrogens (tertiary/aromatic N) is 1. The average molecular weight is 372 g/mol. The molecule has 1 aliphatic heterocycles. The lowest BCUT2D eigenvalue weighted by Gasteiger charge is -2.20. The summed E-state index contributed by atoms with van der Waals surface area (Å²) >= 11 is 0. The van der Waals surface area contributed by atoms with Gasteiger partial charge in [0, 0.05) is 18.7 Å². The molecule has 1 saturated heterocycles. The van der Waals surface area contributed by atoms with E-state index in [9.17, 15) is 13.2 Å². The Balaban J connectivity index is 1.96. The Hall–Kier alpha value is -2.34. The Labute approximate surface area is 155 Å². The van der Waals surface area contributed by atoms with Crippen molar-refractivity contribution < 1.29 is 13.2 Å². The van der Waals surface area contributed by atoms with Crippen molar-refractivity contribution in [3.63, 3.8) is 0 Å². The number of amides is 1. The summed E-state index contributed by atoms with van der Waals surface area (Å²) in [4.78, 5) is 14.1. The second-order valence-electron chi connectivity index (χ2n) is 6.96. The van der Waals surface area contributed by atoms with Gasteiger partial charge in [-0.1, -0.05) is 12.1 Å². The van der Waals surface area contributed by atoms with Crippen molar-refractivity contribution >= 4 is 27.3 Å². The minimum atomic E-state index is -3.70. The fourth-order valence-corrected chi connectivity index (χ4v) is 4.66. The zero-order chi connectivity index (χ0) is 19.1. The molecule has 0 spiro atoms. The number of carbonyl (C=O) groups is 1. The summed E-state index contributed by atoms with van der Waals surface area (Å²) in [6.07, 6.45) is 1.37. The quantitative estimate of drug-likeness (QED) is 0.886. The van der Waals surface area contributed by atoms with Gasteiger partial charge >= 0.3 is 0 Å². The minimum absolute atomic E-state index is 0.0816. The summed E-state index contributed by atoms with van der Waals surface area (Å²) in [5, 5.41) is 0. The molecule has 0 aliphatic carbocycles. The number of aryl methyl sites for hydroxylation is 4. The lowest BCUT2D eigenvalue weighted by atomic mass is 10.1. The van der Waals surface area contributed by atoms with Crippen molar-refractivity contribution in [1.82, 2.24) is 0 Å². The molecule has 2 aromatic carbocycles. The Morgan fingerprint density at radius 3 is 2.27 bits per heavy atom. The van der Waals surface area contributed by atoms with Crippen molar-refractivity contribution in [3.05, 3.63) is 52.6 Å². The van der Waals surface area contributed by atoms with Crippen molar-refractivity contribution in [2.45, 2.75) is 45.4 Å². The molecule has 1 N–H and O–H groups in total. The van der Waals surface area contributed by atoms with E-state index >= 15 is 0 Å². The molecule has 3 rings (SSSR count). The van der Waals surface area contributed by atoms with Gasteiger partial charge in [0.15, 0.2) is 0 Å². The summed E-state index contributed by atoms with van der Waals surface area (Å²) in [5.41, 5.74) is 4.88. The van der Waals surface area contributed by atoms with Crippen molar-refractivity contribution in [2.24, 2.45) is 0 Å². The van der Waals surface area contributed by atoms with Crippen LogP contribution in [0.2, 0.25) is 0 Å². The highest BCUT2D eigenvalue weighted by atomic mass is 32.2. The van der Waals surface area contributed by atoms with E-state index in [0.717, 1.165) is 28.8 Å². The topological polar surface area (TPSA) is 66.5 Å². The molecule has 5 nitrogen and oxygen atoms in total. The summed E-state index contributed by atoms with van der Waals surface area (Å²) in [6, 6.07) is 8.89. The summed E-state index contributed by atoms with van der Waals surface area (Å²) in [6.45, 7) is 8.26. The van der Waals surface area contributed by atoms with Crippen LogP contribution in [0.4, 0.5) is 11.4 Å². The number of hydrogen-bond donors (Lipinski definition) is 1. The molecular weight excluding hydrogens is 348 g/mol. The number of anilines is 2. The van der Waals surface area contributed by atoms with Crippen LogP contribution in [0, 0.1) is 27.7 Å². The van der Waals surface area contributed by atoms with Crippen LogP contribution < -0.4 is 9.62 Å². The predicted octanol–water partition coefficient (Wildman–Crippen LogP) is 3.85. The Morgan fingerprint density at radius 1 is 0.923 bits per heavy atom. The van der Waals surface area contributed by atoms with Gasteiger partial charge in [0.1, 0.15) is 0 Å². The smallest absolute Gasteiger partial charge is 0.262 e. The Bertz CT molecular complexity index is 981. The lowest BCUT2D eigenvalue weighted by Crippen LogP contribution is -2.24. The largest absolute Gasteiger partial charge is 0.312 e. The van der Waals surface area contributed by atoms with E-state index in [1.807, 2.05) is 32.9 Å². The zero-order valence-corrected chi connectivity index (χ0v) is 16.4. The van der Waals surface area contributed by atoms with Crippen LogP contribution in [0.1, 0.15) is 35.1 Å². The highest BCUT2D eigenvalue weighted by molar-refractivity contribution is 7.92. The van der Waals surface area contributed by atoms with Gasteiger partial charge in [0.05, 0.1) is 10.6 Å². The maximum Gasteiger partial charge on any atom is 0.262 e. The van der Waals surface area contributed by atoms with Gasteiger partial charge in [0.2, 0.25) is 5.91 Å². The number of sulfonamides is 1. The molecule has 138 valence electrons. The molecule has 0 saturated carbocycles. The molecule has 6 heteroatoms. The van der Waals surface area contributed by atoms with Gasteiger partial charge in [-0.3, -0.25) is 9.52 Å². The van der Waals surface area contributed by atoms with Crippen LogP contribution >= 0.6 is 0 Å². The number of hydrogen-bond acceptors (Lipinski definition) is 3. The van der Waals surface area contributed by atoms with E-state index in [0.29, 0.717) is 24.2 Å². The van der Waals surface area contributed by atoms with Gasteiger partial charge in [0.25, 0.3) is 10.0 Å². The number of nitrogens with one attached hydrogen (secondary N) is 1. The van der Waals surface area contributed by atoms with Gasteiger partial charge in [-0.2, -0.15) is 0 Å². The molecule has 2 aromatic rings. The number of rotatable bonds is 4. The predicted molar refractivity (Wildman–Crippen MR) is 104 cm³/mol. The first-order valence-corrected chi connectivity index (χ1v) is 10.2. The summed E-state index contributed by atoms with van der Waals surface area (Å²) in [5.74, 6) is 0.0816. The normalized spacial score (nSPS) is 14.8. The van der Waals surface area contributed by atoms with Crippen LogP contribution in [-0.2, 0) is 14.8 Å². The molecule has 0 radical (unpaired) electrons. The molecule has 1 aliphatic rings. The molecule has 1 fully saturated rings. The van der Waals surface area contributed by atoms with E-state index in [1.54, 1.807) is 30.0 Å². The van der Waals surface area contributed by atoms with E-state index < -0.39 is 10.0 Å². The van der Waals surface area contributed by atoms with E-state index in [2.05, 4.69) is 4.72 Å². The molecule has 0 unspecified atom stereocenters. The standard InChI is InChI=1S/C20H24N2O3S/c1-13-7-8-17(12-18(13)22-9-5-6-20(22)23)21-26(24,25)19-11-15(3)14(2)10-16(19)4/h7-8,10-12,21H,5-6,9H2,1-4H3. The average Bonchev–Trinajstić information content (AvgIpc) is 2.98. The highest BCUT2D eigenvalue weighted by Crippen LogP contribution is 2.30. The first-order valence-electron chi connectivity index (χ1n) is 8.71. The highest BCUT2D eigenvalue weighted by Gasteiger charge is 2.24. The monoisotopic (exact) mass is 372 g/mol. The first-order chi connectivity index (χ1) is 12.2. The third-order valence-electron chi connectivity index (χ3n) is 4.91. The van der Waals surface area contributed by atoms with Crippen LogP contribution in [0.5, 0.6) is 0 Å². The molecule has 1 heterocycles. The molecule has 0 atom stereocenters. The third kappa shape index (κ3) is 3.46. The molecule has 0 aromatic heterocycles. The second kappa shape index (κ2) is 6.76. The van der Waals surface area contributed by atoms with Crippen LogP contribution in [-0.4, -0.2) is 20.9 Å². The van der Waals surface area contributed by atoms with E-state index in [-0.39, 0.29) is 10.8 Å². The van der Waals surface area contributed by atoms with Gasteiger partial charge in [-0.25, -0.2) is 8.42 Å². The van der Waals surface area contributed by atoms with Crippen molar-refractivity contribution in [2.75, 3.05) is 16.2 Å². The molecular formula is C20H24N2O3S. The van der Waals surface area contributed by atoms with Crippen LogP contribution in [0.25, 0.3) is 0 Å². The minimum Gasteiger partial charge on any atom is -0.312 e. The number of carbonyl (C=O) groups excluding carboxylic acids is 1.